The van der Waals surface area contributed by atoms with Gasteiger partial charge in [0.1, 0.15) is 0 Å². The Kier molecular flexibility index (Phi) is 2.00. The molecule has 2 rings (SSSR count). The second-order valence-electron chi connectivity index (χ2n) is 2.68. The summed E-state index contributed by atoms with van der Waals surface area (Å²) in [6.45, 7) is 0. The molecule has 1 aromatic heterocycles. The maximum Gasteiger partial charge on any atom is 0.232 e. The number of nitrogens with zero attached hydrogens (tertiary/aromatic N) is 1. The number of hydrogen-bond donors (Lipinski definition) is 1. The fourth-order valence-electron chi connectivity index (χ4n) is 1.24. The highest BCUT2D eigenvalue weighted by atomic mass is 16.5. The van der Waals surface area contributed by atoms with Crippen LogP contribution in [0.1, 0.15) is 0 Å². The van der Waals surface area contributed by atoms with Crippen molar-refractivity contribution in [3.05, 3.63) is 36.5 Å². The molecule has 2 aromatic rings. The van der Waals surface area contributed by atoms with Crippen LogP contribution in [0.15, 0.2) is 41.1 Å². The van der Waals surface area contributed by atoms with Crippen LogP contribution in [0.2, 0.25) is 0 Å². The van der Waals surface area contributed by atoms with Crippen molar-refractivity contribution in [1.29, 1.82) is 0 Å². The quantitative estimate of drug-likeness (QED) is 0.759. The predicted molar refractivity (Wildman–Crippen MR) is 51.5 cm³/mol. The van der Waals surface area contributed by atoms with Gasteiger partial charge in [0.2, 0.25) is 5.88 Å². The number of aromatic nitrogens is 1. The summed E-state index contributed by atoms with van der Waals surface area (Å²) in [5, 5.41) is 6.68. The zero-order chi connectivity index (χ0) is 9.10. The van der Waals surface area contributed by atoms with Gasteiger partial charge in [-0.3, -0.25) is 0 Å². The van der Waals surface area contributed by atoms with E-state index in [1.165, 1.54) is 0 Å². The molecule has 0 aliphatic rings. The van der Waals surface area contributed by atoms with E-state index in [0.29, 0.717) is 5.88 Å². The summed E-state index contributed by atoms with van der Waals surface area (Å²) < 4.78 is 5.01. The van der Waals surface area contributed by atoms with Crippen LogP contribution >= 0.6 is 0 Å². The van der Waals surface area contributed by atoms with Crippen LogP contribution in [0.5, 0.6) is 0 Å². The van der Waals surface area contributed by atoms with Crippen LogP contribution in [0, 0.1) is 0 Å². The van der Waals surface area contributed by atoms with E-state index in [2.05, 4.69) is 10.5 Å². The van der Waals surface area contributed by atoms with Crippen molar-refractivity contribution in [3.63, 3.8) is 0 Å². The summed E-state index contributed by atoms with van der Waals surface area (Å²) in [6.07, 6.45) is 1.71. The first-order valence-corrected chi connectivity index (χ1v) is 4.09. The topological polar surface area (TPSA) is 38.1 Å². The van der Waals surface area contributed by atoms with Crippen molar-refractivity contribution in [2.24, 2.45) is 0 Å². The Morgan fingerprint density at radius 2 is 2.00 bits per heavy atom. The SMILES string of the molecule is CNc1oncc1-c1ccccc1. The van der Waals surface area contributed by atoms with Gasteiger partial charge >= 0.3 is 0 Å². The van der Waals surface area contributed by atoms with Crippen LogP contribution in [-0.4, -0.2) is 12.2 Å². The fourth-order valence-corrected chi connectivity index (χ4v) is 1.24. The molecule has 0 saturated carbocycles. The Hall–Kier alpha value is -1.77. The van der Waals surface area contributed by atoms with Gasteiger partial charge in [0, 0.05) is 7.05 Å². The highest BCUT2D eigenvalue weighted by Gasteiger charge is 2.06. The molecule has 3 nitrogen and oxygen atoms in total. The molecule has 1 N–H and O–H groups in total. The molecule has 0 bridgehead atoms. The van der Waals surface area contributed by atoms with E-state index < -0.39 is 0 Å². The zero-order valence-corrected chi connectivity index (χ0v) is 7.32. The highest BCUT2D eigenvalue weighted by molar-refractivity contribution is 5.72. The van der Waals surface area contributed by atoms with Gasteiger partial charge in [-0.15, -0.1) is 0 Å². The average molecular weight is 174 g/mol. The van der Waals surface area contributed by atoms with Gasteiger partial charge in [-0.1, -0.05) is 35.5 Å². The van der Waals surface area contributed by atoms with Crippen LogP contribution in [-0.2, 0) is 0 Å². The molecule has 0 fully saturated rings. The standard InChI is InChI=1S/C10H10N2O/c1-11-10-9(7-12-13-10)8-5-3-2-4-6-8/h2-7,11H,1H3. The molecule has 1 aromatic carbocycles. The van der Waals surface area contributed by atoms with Gasteiger partial charge < -0.3 is 9.84 Å². The first-order valence-electron chi connectivity index (χ1n) is 4.09. The van der Waals surface area contributed by atoms with E-state index in [0.717, 1.165) is 11.1 Å². The summed E-state index contributed by atoms with van der Waals surface area (Å²) in [5.74, 6) is 0.700. The summed E-state index contributed by atoms with van der Waals surface area (Å²) in [7, 11) is 1.81. The first-order chi connectivity index (χ1) is 6.42. The number of rotatable bonds is 2. The molecule has 0 spiro atoms. The lowest BCUT2D eigenvalue weighted by Crippen LogP contribution is -1.87. The minimum atomic E-state index is 0.700. The minimum absolute atomic E-state index is 0.700. The van der Waals surface area contributed by atoms with Crippen molar-refractivity contribution in [2.75, 3.05) is 12.4 Å². The Morgan fingerprint density at radius 3 is 2.69 bits per heavy atom. The summed E-state index contributed by atoms with van der Waals surface area (Å²) in [4.78, 5) is 0. The lowest BCUT2D eigenvalue weighted by Gasteiger charge is -1.98. The zero-order valence-electron chi connectivity index (χ0n) is 7.32. The molecule has 0 saturated heterocycles. The molecular formula is C10H10N2O. The third kappa shape index (κ3) is 1.40. The van der Waals surface area contributed by atoms with Gasteiger partial charge in [0.25, 0.3) is 0 Å². The third-order valence-electron chi connectivity index (χ3n) is 1.88. The molecule has 3 heteroatoms. The Bertz CT molecular complexity index is 381. The molecule has 0 atom stereocenters. The van der Waals surface area contributed by atoms with Crippen LogP contribution < -0.4 is 5.32 Å². The van der Waals surface area contributed by atoms with Crippen molar-refractivity contribution < 1.29 is 4.52 Å². The van der Waals surface area contributed by atoms with Gasteiger partial charge in [0.05, 0.1) is 11.8 Å². The van der Waals surface area contributed by atoms with Gasteiger partial charge in [-0.05, 0) is 5.56 Å². The van der Waals surface area contributed by atoms with E-state index >= 15 is 0 Å². The lowest BCUT2D eigenvalue weighted by atomic mass is 10.1. The molecule has 13 heavy (non-hydrogen) atoms. The third-order valence-corrected chi connectivity index (χ3v) is 1.88. The monoisotopic (exact) mass is 174 g/mol. The maximum atomic E-state index is 5.01. The number of nitrogens with one attached hydrogen (secondary N) is 1. The second-order valence-corrected chi connectivity index (χ2v) is 2.68. The van der Waals surface area contributed by atoms with E-state index in [1.54, 1.807) is 6.20 Å². The van der Waals surface area contributed by atoms with E-state index in [1.807, 2.05) is 37.4 Å². The largest absolute Gasteiger partial charge is 0.357 e. The second kappa shape index (κ2) is 3.31. The molecule has 66 valence electrons. The average Bonchev–Trinajstić information content (AvgIpc) is 2.67. The molecule has 0 aliphatic carbocycles. The van der Waals surface area contributed by atoms with Crippen molar-refractivity contribution in [2.45, 2.75) is 0 Å². The van der Waals surface area contributed by atoms with Crippen LogP contribution in [0.4, 0.5) is 5.88 Å². The predicted octanol–water partition coefficient (Wildman–Crippen LogP) is 2.38. The molecule has 0 aliphatic heterocycles. The molecule has 0 amide bonds. The lowest BCUT2D eigenvalue weighted by molar-refractivity contribution is 0.434. The summed E-state index contributed by atoms with van der Waals surface area (Å²) in [5.41, 5.74) is 2.09. The minimum Gasteiger partial charge on any atom is -0.357 e. The Balaban J connectivity index is 2.47. The first kappa shape index (κ1) is 7.86. The number of hydrogen-bond acceptors (Lipinski definition) is 3. The summed E-state index contributed by atoms with van der Waals surface area (Å²) >= 11 is 0. The molecule has 0 unspecified atom stereocenters. The molecular weight excluding hydrogens is 164 g/mol. The van der Waals surface area contributed by atoms with Crippen molar-refractivity contribution >= 4 is 5.88 Å². The Labute approximate surface area is 76.4 Å². The number of benzene rings is 1. The summed E-state index contributed by atoms with van der Waals surface area (Å²) in [6, 6.07) is 10.0. The van der Waals surface area contributed by atoms with E-state index in [-0.39, 0.29) is 0 Å². The van der Waals surface area contributed by atoms with Gasteiger partial charge in [0.15, 0.2) is 0 Å². The highest BCUT2D eigenvalue weighted by Crippen LogP contribution is 2.26. The normalized spacial score (nSPS) is 9.92. The maximum absolute atomic E-state index is 5.01. The Morgan fingerprint density at radius 1 is 1.23 bits per heavy atom. The molecule has 1 heterocycles. The number of anilines is 1. The van der Waals surface area contributed by atoms with Crippen molar-refractivity contribution in [3.8, 4) is 11.1 Å². The smallest absolute Gasteiger partial charge is 0.232 e. The van der Waals surface area contributed by atoms with Crippen molar-refractivity contribution in [1.82, 2.24) is 5.16 Å². The van der Waals surface area contributed by atoms with Gasteiger partial charge in [-0.25, -0.2) is 0 Å². The van der Waals surface area contributed by atoms with E-state index in [9.17, 15) is 0 Å². The van der Waals surface area contributed by atoms with Gasteiger partial charge in [-0.2, -0.15) is 0 Å². The van der Waals surface area contributed by atoms with E-state index in [4.69, 9.17) is 4.52 Å². The van der Waals surface area contributed by atoms with Crippen LogP contribution in [0.3, 0.4) is 0 Å². The van der Waals surface area contributed by atoms with Crippen LogP contribution in [0.25, 0.3) is 11.1 Å². The molecule has 0 radical (unpaired) electrons. The fraction of sp³-hybridized carbons (Fsp3) is 0.100.